The number of carbonyl (C=O) groups is 1. The van der Waals surface area contributed by atoms with E-state index in [2.05, 4.69) is 27.9 Å². The van der Waals surface area contributed by atoms with Crippen LogP contribution in [-0.4, -0.2) is 20.1 Å². The van der Waals surface area contributed by atoms with Gasteiger partial charge < -0.3 is 9.47 Å². The third kappa shape index (κ3) is 1.45. The van der Waals surface area contributed by atoms with Gasteiger partial charge in [-0.1, -0.05) is 12.1 Å². The van der Waals surface area contributed by atoms with Crippen LogP contribution in [0.5, 0.6) is 0 Å². The van der Waals surface area contributed by atoms with Crippen LogP contribution in [0.3, 0.4) is 0 Å². The van der Waals surface area contributed by atoms with Crippen LogP contribution in [-0.2, 0) is 15.4 Å². The summed E-state index contributed by atoms with van der Waals surface area (Å²) in [5, 5.41) is 2.68. The quantitative estimate of drug-likeness (QED) is 0.663. The number of methoxy groups -OCH3 is 2. The molecule has 1 aliphatic heterocycles. The fourth-order valence-electron chi connectivity index (χ4n) is 1.71. The maximum Gasteiger partial charge on any atom is 0.280 e. The van der Waals surface area contributed by atoms with Gasteiger partial charge in [0.15, 0.2) is 0 Å². The Hall–Kier alpha value is -0.660. The molecule has 0 bridgehead atoms. The average molecular weight is 319 g/mol. The number of hydrogen-bond donors (Lipinski definition) is 1. The minimum atomic E-state index is -1.13. The fraction of sp³-hybridized carbons (Fsp3) is 0.300. The lowest BCUT2D eigenvalue weighted by atomic mass is 10.1. The highest BCUT2D eigenvalue weighted by Gasteiger charge is 2.44. The predicted molar refractivity (Wildman–Crippen MR) is 62.3 cm³/mol. The van der Waals surface area contributed by atoms with Crippen LogP contribution < -0.4 is 5.32 Å². The lowest BCUT2D eigenvalue weighted by Crippen LogP contribution is -2.42. The van der Waals surface area contributed by atoms with Crippen molar-refractivity contribution in [2.75, 3.05) is 14.2 Å². The Morgan fingerprint density at radius 1 is 1.33 bits per heavy atom. The molecule has 80 valence electrons. The number of rotatable bonds is 2. The molecule has 0 aliphatic carbocycles. The smallest absolute Gasteiger partial charge is 0.280 e. The Labute approximate surface area is 101 Å². The van der Waals surface area contributed by atoms with Crippen LogP contribution in [0.4, 0.5) is 0 Å². The number of halogens is 1. The maximum atomic E-state index is 11.7. The predicted octanol–water partition coefficient (Wildman–Crippen LogP) is 1.44. The van der Waals surface area contributed by atoms with Crippen molar-refractivity contribution >= 4 is 28.5 Å². The molecule has 1 heterocycles. The fourth-order valence-corrected chi connectivity index (χ4v) is 2.46. The molecular weight excluding hydrogens is 309 g/mol. The van der Waals surface area contributed by atoms with E-state index in [0.717, 1.165) is 9.13 Å². The van der Waals surface area contributed by atoms with Crippen molar-refractivity contribution in [3.63, 3.8) is 0 Å². The van der Waals surface area contributed by atoms with Gasteiger partial charge in [0.2, 0.25) is 0 Å². The molecule has 0 saturated heterocycles. The summed E-state index contributed by atoms with van der Waals surface area (Å²) in [5.74, 6) is -1.30. The molecule has 4 nitrogen and oxygen atoms in total. The molecule has 0 spiro atoms. The molecule has 0 saturated carbocycles. The molecule has 0 aromatic heterocycles. The van der Waals surface area contributed by atoms with Gasteiger partial charge in [0.05, 0.1) is 5.56 Å². The van der Waals surface area contributed by atoms with E-state index in [0.29, 0.717) is 5.56 Å². The van der Waals surface area contributed by atoms with Gasteiger partial charge in [-0.05, 0) is 28.7 Å². The SMILES string of the molecule is COC1(OC)NC(=O)c2c(I)cccc21. The highest BCUT2D eigenvalue weighted by atomic mass is 127. The van der Waals surface area contributed by atoms with E-state index in [1.165, 1.54) is 14.2 Å². The number of carbonyl (C=O) groups excluding carboxylic acids is 1. The van der Waals surface area contributed by atoms with E-state index in [-0.39, 0.29) is 5.91 Å². The van der Waals surface area contributed by atoms with Gasteiger partial charge in [0, 0.05) is 23.4 Å². The molecule has 5 heteroatoms. The Balaban J connectivity index is 2.65. The molecule has 1 amide bonds. The highest BCUT2D eigenvalue weighted by molar-refractivity contribution is 14.1. The van der Waals surface area contributed by atoms with Crippen molar-refractivity contribution in [3.8, 4) is 0 Å². The number of amides is 1. The second-order valence-electron chi connectivity index (χ2n) is 3.14. The summed E-state index contributed by atoms with van der Waals surface area (Å²) < 4.78 is 11.4. The molecule has 2 rings (SSSR count). The third-order valence-electron chi connectivity index (χ3n) is 2.45. The van der Waals surface area contributed by atoms with Crippen molar-refractivity contribution in [1.82, 2.24) is 5.32 Å². The standard InChI is InChI=1S/C10H10INO3/c1-14-10(15-2)6-4-3-5-7(11)8(6)9(13)12-10/h3-5H,1-2H3,(H,12,13). The Kier molecular flexibility index (Phi) is 2.70. The first-order valence-electron chi connectivity index (χ1n) is 4.36. The van der Waals surface area contributed by atoms with E-state index < -0.39 is 5.91 Å². The zero-order valence-electron chi connectivity index (χ0n) is 8.33. The number of benzene rings is 1. The Morgan fingerprint density at radius 3 is 2.60 bits per heavy atom. The zero-order chi connectivity index (χ0) is 11.1. The first kappa shape index (κ1) is 10.8. The van der Waals surface area contributed by atoms with Crippen LogP contribution in [0.25, 0.3) is 0 Å². The molecule has 1 N–H and O–H groups in total. The molecule has 0 unspecified atom stereocenters. The largest absolute Gasteiger partial charge is 0.332 e. The second kappa shape index (κ2) is 3.73. The molecule has 1 aromatic rings. The summed E-state index contributed by atoms with van der Waals surface area (Å²) in [6, 6.07) is 5.57. The molecule has 1 aliphatic rings. The maximum absolute atomic E-state index is 11.7. The first-order valence-corrected chi connectivity index (χ1v) is 5.44. The summed E-state index contributed by atoms with van der Waals surface area (Å²) in [5.41, 5.74) is 1.35. The molecule has 0 fully saturated rings. The highest BCUT2D eigenvalue weighted by Crippen LogP contribution is 2.34. The summed E-state index contributed by atoms with van der Waals surface area (Å²) >= 11 is 2.12. The minimum absolute atomic E-state index is 0.168. The van der Waals surface area contributed by atoms with Gasteiger partial charge >= 0.3 is 0 Å². The summed E-state index contributed by atoms with van der Waals surface area (Å²) in [6.45, 7) is 0. The van der Waals surface area contributed by atoms with Crippen molar-refractivity contribution in [2.45, 2.75) is 5.91 Å². The minimum Gasteiger partial charge on any atom is -0.332 e. The van der Waals surface area contributed by atoms with Crippen molar-refractivity contribution in [2.24, 2.45) is 0 Å². The summed E-state index contributed by atoms with van der Waals surface area (Å²) in [4.78, 5) is 11.7. The monoisotopic (exact) mass is 319 g/mol. The van der Waals surface area contributed by atoms with E-state index in [1.54, 1.807) is 0 Å². The average Bonchev–Trinajstić information content (AvgIpc) is 2.54. The second-order valence-corrected chi connectivity index (χ2v) is 4.30. The molecule has 0 atom stereocenters. The van der Waals surface area contributed by atoms with Gasteiger partial charge in [0.1, 0.15) is 0 Å². The van der Waals surface area contributed by atoms with Gasteiger partial charge in [-0.2, -0.15) is 0 Å². The van der Waals surface area contributed by atoms with Crippen molar-refractivity contribution < 1.29 is 14.3 Å². The van der Waals surface area contributed by atoms with Crippen LogP contribution in [0, 0.1) is 3.57 Å². The zero-order valence-corrected chi connectivity index (χ0v) is 10.5. The third-order valence-corrected chi connectivity index (χ3v) is 3.35. The number of fused-ring (bicyclic) bond motifs is 1. The summed E-state index contributed by atoms with van der Waals surface area (Å²) in [7, 11) is 3.00. The lowest BCUT2D eigenvalue weighted by Gasteiger charge is -2.26. The number of hydrogen-bond acceptors (Lipinski definition) is 3. The van der Waals surface area contributed by atoms with E-state index in [9.17, 15) is 4.79 Å². The molecule has 0 radical (unpaired) electrons. The molecule has 1 aromatic carbocycles. The number of nitrogens with one attached hydrogen (secondary N) is 1. The molecular formula is C10H10INO3. The van der Waals surface area contributed by atoms with Crippen LogP contribution >= 0.6 is 22.6 Å². The first-order chi connectivity index (χ1) is 7.14. The van der Waals surface area contributed by atoms with Gasteiger partial charge in [-0.25, -0.2) is 0 Å². The van der Waals surface area contributed by atoms with E-state index in [4.69, 9.17) is 9.47 Å². The van der Waals surface area contributed by atoms with E-state index >= 15 is 0 Å². The van der Waals surface area contributed by atoms with Crippen LogP contribution in [0.2, 0.25) is 0 Å². The van der Waals surface area contributed by atoms with E-state index in [1.807, 2.05) is 18.2 Å². The van der Waals surface area contributed by atoms with Gasteiger partial charge in [0.25, 0.3) is 11.8 Å². The number of ether oxygens (including phenoxy) is 2. The van der Waals surface area contributed by atoms with Gasteiger partial charge in [-0.15, -0.1) is 0 Å². The van der Waals surface area contributed by atoms with Crippen LogP contribution in [0.1, 0.15) is 15.9 Å². The summed E-state index contributed by atoms with van der Waals surface area (Å²) in [6.07, 6.45) is 0. The molecule has 15 heavy (non-hydrogen) atoms. The topological polar surface area (TPSA) is 47.6 Å². The Morgan fingerprint density at radius 2 is 2.00 bits per heavy atom. The Bertz CT molecular complexity index is 415. The normalized spacial score (nSPS) is 17.4. The van der Waals surface area contributed by atoms with Crippen molar-refractivity contribution in [1.29, 1.82) is 0 Å². The van der Waals surface area contributed by atoms with Gasteiger partial charge in [-0.3, -0.25) is 10.1 Å². The van der Waals surface area contributed by atoms with Crippen molar-refractivity contribution in [3.05, 3.63) is 32.9 Å². The van der Waals surface area contributed by atoms with Crippen LogP contribution in [0.15, 0.2) is 18.2 Å². The lowest BCUT2D eigenvalue weighted by molar-refractivity contribution is -0.225.